The summed E-state index contributed by atoms with van der Waals surface area (Å²) >= 11 is 0. The van der Waals surface area contributed by atoms with Gasteiger partial charge in [0, 0.05) is 32.7 Å². The predicted molar refractivity (Wildman–Crippen MR) is 119 cm³/mol. The average molecular weight is 419 g/mol. The summed E-state index contributed by atoms with van der Waals surface area (Å²) in [6.07, 6.45) is 3.01. The molecule has 3 aliphatic rings. The molecule has 1 aliphatic carbocycles. The lowest BCUT2D eigenvalue weighted by Gasteiger charge is -2.36. The number of carbonyl (C=O) groups excluding carboxylic acids is 2. The van der Waals surface area contributed by atoms with Crippen molar-refractivity contribution in [1.82, 2.24) is 20.0 Å². The molecule has 1 unspecified atom stereocenters. The number of nitrogens with zero attached hydrogens (tertiary/aromatic N) is 3. The number of hydrogen-bond acceptors (Lipinski definition) is 4. The van der Waals surface area contributed by atoms with E-state index in [0.29, 0.717) is 6.67 Å². The minimum atomic E-state index is -0.879. The molecule has 0 aromatic heterocycles. The monoisotopic (exact) mass is 418 g/mol. The number of hydrogen-bond donors (Lipinski definition) is 1. The number of urea groups is 1. The first-order valence-corrected chi connectivity index (χ1v) is 11.3. The van der Waals surface area contributed by atoms with E-state index in [1.165, 1.54) is 10.5 Å². The molecule has 31 heavy (non-hydrogen) atoms. The van der Waals surface area contributed by atoms with Gasteiger partial charge in [0.15, 0.2) is 0 Å². The van der Waals surface area contributed by atoms with Crippen LogP contribution in [-0.4, -0.2) is 66.0 Å². The summed E-state index contributed by atoms with van der Waals surface area (Å²) in [5, 5.41) is 3.08. The van der Waals surface area contributed by atoms with Gasteiger partial charge in [-0.05, 0) is 36.3 Å². The van der Waals surface area contributed by atoms with Crippen LogP contribution in [0.5, 0.6) is 0 Å². The van der Waals surface area contributed by atoms with Crippen molar-refractivity contribution in [2.24, 2.45) is 5.92 Å². The molecule has 3 fully saturated rings. The normalized spacial score (nSPS) is 25.1. The summed E-state index contributed by atoms with van der Waals surface area (Å²) < 4.78 is 0. The Morgan fingerprint density at radius 2 is 1.45 bits per heavy atom. The van der Waals surface area contributed by atoms with Crippen molar-refractivity contribution >= 4 is 11.9 Å². The number of rotatable bonds is 7. The fourth-order valence-electron chi connectivity index (χ4n) is 4.93. The van der Waals surface area contributed by atoms with Crippen molar-refractivity contribution in [3.63, 3.8) is 0 Å². The third-order valence-corrected chi connectivity index (χ3v) is 6.92. The number of piperazine rings is 1. The van der Waals surface area contributed by atoms with E-state index in [4.69, 9.17) is 0 Å². The van der Waals surface area contributed by atoms with Crippen LogP contribution in [0.2, 0.25) is 0 Å². The van der Waals surface area contributed by atoms with Crippen molar-refractivity contribution in [1.29, 1.82) is 0 Å². The van der Waals surface area contributed by atoms with Gasteiger partial charge in [0.25, 0.3) is 5.91 Å². The van der Waals surface area contributed by atoms with Gasteiger partial charge in [-0.2, -0.15) is 0 Å². The van der Waals surface area contributed by atoms with Gasteiger partial charge in [-0.25, -0.2) is 9.69 Å². The second-order valence-corrected chi connectivity index (χ2v) is 8.95. The minimum absolute atomic E-state index is 0.0855. The average Bonchev–Trinajstić information content (AvgIpc) is 3.63. The molecule has 6 nitrogen and oxygen atoms in total. The van der Waals surface area contributed by atoms with Gasteiger partial charge in [0.2, 0.25) is 0 Å². The summed E-state index contributed by atoms with van der Waals surface area (Å²) in [5.41, 5.74) is 1.39. The fraction of sp³-hybridized carbons (Fsp3) is 0.440. The first kappa shape index (κ1) is 20.2. The summed E-state index contributed by atoms with van der Waals surface area (Å²) in [7, 11) is 0. The number of amides is 3. The first-order chi connectivity index (χ1) is 15.2. The van der Waals surface area contributed by atoms with Gasteiger partial charge in [-0.1, -0.05) is 60.7 Å². The molecule has 0 spiro atoms. The van der Waals surface area contributed by atoms with Gasteiger partial charge in [-0.15, -0.1) is 0 Å². The zero-order valence-corrected chi connectivity index (χ0v) is 17.9. The third-order valence-electron chi connectivity index (χ3n) is 6.92. The summed E-state index contributed by atoms with van der Waals surface area (Å²) in [4.78, 5) is 32.5. The summed E-state index contributed by atoms with van der Waals surface area (Å²) in [6, 6.07) is 20.1. The van der Waals surface area contributed by atoms with Crippen molar-refractivity contribution < 1.29 is 9.59 Å². The Hall–Kier alpha value is -2.70. The maximum absolute atomic E-state index is 13.5. The molecule has 0 radical (unpaired) electrons. The third kappa shape index (κ3) is 3.98. The van der Waals surface area contributed by atoms with E-state index in [1.54, 1.807) is 0 Å². The molecule has 162 valence electrons. The lowest BCUT2D eigenvalue weighted by molar-refractivity contribution is -0.134. The van der Waals surface area contributed by atoms with Gasteiger partial charge in [-0.3, -0.25) is 9.69 Å². The maximum Gasteiger partial charge on any atom is 0.326 e. The summed E-state index contributed by atoms with van der Waals surface area (Å²) in [6.45, 7) is 5.07. The number of benzene rings is 2. The van der Waals surface area contributed by atoms with Crippen LogP contribution in [0.4, 0.5) is 4.79 Å². The van der Waals surface area contributed by atoms with E-state index in [-0.39, 0.29) is 17.9 Å². The highest BCUT2D eigenvalue weighted by molar-refractivity contribution is 6.07. The van der Waals surface area contributed by atoms with Crippen molar-refractivity contribution in [3.8, 4) is 0 Å². The molecule has 5 rings (SSSR count). The molecule has 1 N–H and O–H groups in total. The van der Waals surface area contributed by atoms with E-state index in [1.807, 2.05) is 36.4 Å². The Morgan fingerprint density at radius 3 is 2.10 bits per heavy atom. The number of nitrogens with one attached hydrogen (secondary N) is 1. The molecule has 1 atom stereocenters. The van der Waals surface area contributed by atoms with E-state index >= 15 is 0 Å². The highest BCUT2D eigenvalue weighted by Crippen LogP contribution is 2.48. The number of imide groups is 1. The Balaban J connectivity index is 1.19. The fourth-order valence-corrected chi connectivity index (χ4v) is 4.93. The molecular weight excluding hydrogens is 388 g/mol. The van der Waals surface area contributed by atoms with Crippen LogP contribution in [0, 0.1) is 5.92 Å². The van der Waals surface area contributed by atoms with Crippen LogP contribution in [0.3, 0.4) is 0 Å². The minimum Gasteiger partial charge on any atom is -0.319 e. The molecule has 2 aliphatic heterocycles. The van der Waals surface area contributed by atoms with Gasteiger partial charge in [0.1, 0.15) is 5.54 Å². The summed E-state index contributed by atoms with van der Waals surface area (Å²) in [5.74, 6) is 0.115. The zero-order valence-electron chi connectivity index (χ0n) is 17.9. The van der Waals surface area contributed by atoms with Crippen LogP contribution < -0.4 is 5.32 Å². The van der Waals surface area contributed by atoms with Crippen LogP contribution in [0.25, 0.3) is 0 Å². The second-order valence-electron chi connectivity index (χ2n) is 8.95. The highest BCUT2D eigenvalue weighted by Gasteiger charge is 2.60. The van der Waals surface area contributed by atoms with Crippen molar-refractivity contribution in [2.45, 2.75) is 24.8 Å². The molecule has 2 heterocycles. The molecule has 0 bridgehead atoms. The Bertz CT molecular complexity index is 923. The lowest BCUT2D eigenvalue weighted by atomic mass is 9.85. The Morgan fingerprint density at radius 1 is 0.839 bits per heavy atom. The van der Waals surface area contributed by atoms with E-state index in [0.717, 1.165) is 57.5 Å². The quantitative estimate of drug-likeness (QED) is 0.703. The molecule has 3 amide bonds. The van der Waals surface area contributed by atoms with E-state index in [9.17, 15) is 9.59 Å². The molecule has 2 saturated heterocycles. The SMILES string of the molecule is O=C1NC(c2ccccc2)(C2CC2)C(=O)N1CN1CCN(CCc2ccccc2)CC1. The molecule has 6 heteroatoms. The van der Waals surface area contributed by atoms with Crippen LogP contribution in [0.15, 0.2) is 60.7 Å². The molecule has 2 aromatic carbocycles. The first-order valence-electron chi connectivity index (χ1n) is 11.3. The second kappa shape index (κ2) is 8.44. The van der Waals surface area contributed by atoms with Crippen LogP contribution in [-0.2, 0) is 16.8 Å². The largest absolute Gasteiger partial charge is 0.326 e. The van der Waals surface area contributed by atoms with E-state index in [2.05, 4.69) is 39.4 Å². The molecule has 2 aromatic rings. The van der Waals surface area contributed by atoms with Gasteiger partial charge >= 0.3 is 6.03 Å². The smallest absolute Gasteiger partial charge is 0.319 e. The molecule has 1 saturated carbocycles. The van der Waals surface area contributed by atoms with Gasteiger partial charge in [0.05, 0.1) is 6.67 Å². The van der Waals surface area contributed by atoms with Crippen molar-refractivity contribution in [3.05, 3.63) is 71.8 Å². The predicted octanol–water partition coefficient (Wildman–Crippen LogP) is 2.66. The van der Waals surface area contributed by atoms with Crippen molar-refractivity contribution in [2.75, 3.05) is 39.4 Å². The van der Waals surface area contributed by atoms with Crippen LogP contribution in [0.1, 0.15) is 24.0 Å². The van der Waals surface area contributed by atoms with E-state index < -0.39 is 5.54 Å². The number of carbonyl (C=O) groups is 2. The lowest BCUT2D eigenvalue weighted by Crippen LogP contribution is -2.52. The standard InChI is InChI=1S/C25H30N4O2/c30-23-25(22-11-12-22,21-9-5-2-6-10-21)26-24(31)29(23)19-28-17-15-27(16-18-28)14-13-20-7-3-1-4-8-20/h1-10,22H,11-19H2,(H,26,31). The van der Waals surface area contributed by atoms with Gasteiger partial charge < -0.3 is 10.2 Å². The maximum atomic E-state index is 13.5. The highest BCUT2D eigenvalue weighted by atomic mass is 16.2. The van der Waals surface area contributed by atoms with Crippen LogP contribution >= 0.6 is 0 Å². The zero-order chi connectivity index (χ0) is 21.3. The Kier molecular flexibility index (Phi) is 5.50. The Labute approximate surface area is 183 Å². The molecular formula is C25H30N4O2. The topological polar surface area (TPSA) is 55.9 Å².